The van der Waals surface area contributed by atoms with E-state index in [0.717, 1.165) is 0 Å². The number of carbonyl (C=O) groups excluding carboxylic acids is 2. The minimum atomic E-state index is -0.316. The van der Waals surface area contributed by atoms with E-state index >= 15 is 0 Å². The second-order valence-electron chi connectivity index (χ2n) is 5.24. The molecule has 138 valence electrons. The van der Waals surface area contributed by atoms with E-state index in [1.807, 2.05) is 0 Å². The Kier molecular flexibility index (Phi) is 7.90. The first kappa shape index (κ1) is 20.2. The number of hydrogen-bond donors (Lipinski definition) is 2. The Morgan fingerprint density at radius 1 is 1.15 bits per heavy atom. The number of rotatable bonds is 8. The summed E-state index contributed by atoms with van der Waals surface area (Å²) < 4.78 is 11.0. The summed E-state index contributed by atoms with van der Waals surface area (Å²) in [5.41, 5.74) is 1.07. The van der Waals surface area contributed by atoms with Crippen molar-refractivity contribution in [3.8, 4) is 5.75 Å². The molecular formula is C18H18BrClN2O4. The van der Waals surface area contributed by atoms with Gasteiger partial charge in [0.25, 0.3) is 11.8 Å². The lowest BCUT2D eigenvalue weighted by Gasteiger charge is -2.10. The molecule has 0 bridgehead atoms. The molecule has 0 radical (unpaired) electrons. The monoisotopic (exact) mass is 440 g/mol. The van der Waals surface area contributed by atoms with Gasteiger partial charge >= 0.3 is 0 Å². The molecule has 2 aromatic carbocycles. The molecule has 0 saturated heterocycles. The fourth-order valence-electron chi connectivity index (χ4n) is 2.01. The Labute approximate surface area is 164 Å². The van der Waals surface area contributed by atoms with Gasteiger partial charge in [-0.15, -0.1) is 0 Å². The van der Waals surface area contributed by atoms with Crippen molar-refractivity contribution in [3.63, 3.8) is 0 Å². The maximum atomic E-state index is 12.0. The molecule has 2 N–H and O–H groups in total. The van der Waals surface area contributed by atoms with Crippen LogP contribution >= 0.6 is 27.5 Å². The van der Waals surface area contributed by atoms with Crippen LogP contribution in [-0.4, -0.2) is 38.7 Å². The molecule has 0 aliphatic carbocycles. The Hall–Kier alpha value is -2.09. The molecule has 0 unspecified atom stereocenters. The summed E-state index contributed by atoms with van der Waals surface area (Å²) in [5, 5.41) is 6.00. The van der Waals surface area contributed by atoms with Gasteiger partial charge in [0.2, 0.25) is 0 Å². The van der Waals surface area contributed by atoms with E-state index in [1.165, 1.54) is 0 Å². The fraction of sp³-hybridized carbons (Fsp3) is 0.222. The quantitative estimate of drug-likeness (QED) is 0.615. The van der Waals surface area contributed by atoms with Gasteiger partial charge in [-0.2, -0.15) is 0 Å². The standard InChI is InChI=1S/C18H18BrClN2O4/c1-25-9-8-21-18(24)12-2-5-14(6-3-12)22-17(23)11-26-16-7-4-13(20)10-15(16)19/h2-7,10H,8-9,11H2,1H3,(H,21,24)(H,22,23). The number of amides is 2. The van der Waals surface area contributed by atoms with Crippen LogP contribution in [0, 0.1) is 0 Å². The highest BCUT2D eigenvalue weighted by molar-refractivity contribution is 9.10. The van der Waals surface area contributed by atoms with Crippen LogP contribution in [0.5, 0.6) is 5.75 Å². The fourth-order valence-corrected chi connectivity index (χ4v) is 2.80. The zero-order valence-electron chi connectivity index (χ0n) is 14.1. The lowest BCUT2D eigenvalue weighted by molar-refractivity contribution is -0.118. The largest absolute Gasteiger partial charge is 0.483 e. The molecule has 2 amide bonds. The maximum Gasteiger partial charge on any atom is 0.262 e. The molecule has 0 saturated carbocycles. The molecule has 26 heavy (non-hydrogen) atoms. The second-order valence-corrected chi connectivity index (χ2v) is 6.53. The first-order valence-electron chi connectivity index (χ1n) is 7.74. The van der Waals surface area contributed by atoms with Gasteiger partial charge in [-0.3, -0.25) is 9.59 Å². The summed E-state index contributed by atoms with van der Waals surface area (Å²) >= 11 is 9.18. The van der Waals surface area contributed by atoms with E-state index in [4.69, 9.17) is 21.1 Å². The summed E-state index contributed by atoms with van der Waals surface area (Å²) in [6.07, 6.45) is 0. The van der Waals surface area contributed by atoms with Crippen LogP contribution in [0.4, 0.5) is 5.69 Å². The summed E-state index contributed by atoms with van der Waals surface area (Å²) in [6, 6.07) is 11.6. The average Bonchev–Trinajstić information content (AvgIpc) is 2.61. The minimum absolute atomic E-state index is 0.153. The average molecular weight is 442 g/mol. The van der Waals surface area contributed by atoms with Crippen molar-refractivity contribution >= 4 is 45.0 Å². The summed E-state index contributed by atoms with van der Waals surface area (Å²) in [6.45, 7) is 0.731. The van der Waals surface area contributed by atoms with E-state index < -0.39 is 0 Å². The lowest BCUT2D eigenvalue weighted by atomic mass is 10.2. The molecule has 0 heterocycles. The SMILES string of the molecule is COCCNC(=O)c1ccc(NC(=O)COc2ccc(Cl)cc2Br)cc1. The summed E-state index contributed by atoms with van der Waals surface area (Å²) in [7, 11) is 1.57. The number of halogens is 2. The maximum absolute atomic E-state index is 12.0. The third-order valence-corrected chi connectivity index (χ3v) is 4.13. The summed E-state index contributed by atoms with van der Waals surface area (Å²) in [4.78, 5) is 23.9. The van der Waals surface area contributed by atoms with Crippen LogP contribution in [0.2, 0.25) is 5.02 Å². The molecular weight excluding hydrogens is 424 g/mol. The Morgan fingerprint density at radius 3 is 2.54 bits per heavy atom. The highest BCUT2D eigenvalue weighted by atomic mass is 79.9. The van der Waals surface area contributed by atoms with Crippen LogP contribution in [0.15, 0.2) is 46.9 Å². The van der Waals surface area contributed by atoms with E-state index in [0.29, 0.717) is 39.6 Å². The van der Waals surface area contributed by atoms with Gasteiger partial charge in [-0.1, -0.05) is 11.6 Å². The molecule has 0 fully saturated rings. The van der Waals surface area contributed by atoms with Crippen molar-refractivity contribution < 1.29 is 19.1 Å². The van der Waals surface area contributed by atoms with E-state index in [9.17, 15) is 9.59 Å². The number of methoxy groups -OCH3 is 1. The normalized spacial score (nSPS) is 10.3. The minimum Gasteiger partial charge on any atom is -0.483 e. The van der Waals surface area contributed by atoms with Crippen molar-refractivity contribution in [2.24, 2.45) is 0 Å². The van der Waals surface area contributed by atoms with Gasteiger partial charge in [0.05, 0.1) is 11.1 Å². The predicted molar refractivity (Wildman–Crippen MR) is 104 cm³/mol. The number of carbonyl (C=O) groups is 2. The molecule has 0 spiro atoms. The number of hydrogen-bond acceptors (Lipinski definition) is 4. The predicted octanol–water partition coefficient (Wildman–Crippen LogP) is 3.50. The van der Waals surface area contributed by atoms with Gasteiger partial charge in [-0.25, -0.2) is 0 Å². The zero-order valence-corrected chi connectivity index (χ0v) is 16.4. The first-order valence-corrected chi connectivity index (χ1v) is 8.91. The van der Waals surface area contributed by atoms with Gasteiger partial charge < -0.3 is 20.1 Å². The second kappa shape index (κ2) is 10.2. The first-order chi connectivity index (χ1) is 12.5. The molecule has 2 rings (SSSR count). The number of nitrogens with one attached hydrogen (secondary N) is 2. The van der Waals surface area contributed by atoms with Crippen LogP contribution in [-0.2, 0) is 9.53 Å². The number of anilines is 1. The Bertz CT molecular complexity index is 768. The van der Waals surface area contributed by atoms with E-state index in [-0.39, 0.29) is 18.4 Å². The molecule has 2 aromatic rings. The van der Waals surface area contributed by atoms with Crippen LogP contribution in [0.1, 0.15) is 10.4 Å². The lowest BCUT2D eigenvalue weighted by Crippen LogP contribution is -2.26. The highest BCUT2D eigenvalue weighted by Crippen LogP contribution is 2.27. The zero-order chi connectivity index (χ0) is 18.9. The third kappa shape index (κ3) is 6.33. The third-order valence-electron chi connectivity index (χ3n) is 3.28. The molecule has 0 atom stereocenters. The van der Waals surface area contributed by atoms with Gasteiger partial charge in [0.1, 0.15) is 5.75 Å². The molecule has 8 heteroatoms. The number of benzene rings is 2. The van der Waals surface area contributed by atoms with Crippen LogP contribution in [0.25, 0.3) is 0 Å². The van der Waals surface area contributed by atoms with Crippen molar-refractivity contribution in [2.45, 2.75) is 0 Å². The smallest absolute Gasteiger partial charge is 0.262 e. The highest BCUT2D eigenvalue weighted by Gasteiger charge is 2.08. The van der Waals surface area contributed by atoms with Crippen LogP contribution < -0.4 is 15.4 Å². The van der Waals surface area contributed by atoms with E-state index in [2.05, 4.69) is 26.6 Å². The van der Waals surface area contributed by atoms with Gasteiger partial charge in [0, 0.05) is 29.9 Å². The Balaban J connectivity index is 1.84. The number of ether oxygens (including phenoxy) is 2. The van der Waals surface area contributed by atoms with Crippen molar-refractivity contribution in [1.82, 2.24) is 5.32 Å². The van der Waals surface area contributed by atoms with Crippen molar-refractivity contribution in [1.29, 1.82) is 0 Å². The molecule has 0 aliphatic rings. The van der Waals surface area contributed by atoms with Crippen molar-refractivity contribution in [2.75, 3.05) is 32.2 Å². The molecule has 0 aliphatic heterocycles. The Morgan fingerprint density at radius 2 is 1.88 bits per heavy atom. The van der Waals surface area contributed by atoms with Crippen molar-refractivity contribution in [3.05, 3.63) is 57.5 Å². The summed E-state index contributed by atoms with van der Waals surface area (Å²) in [5.74, 6) is 0.00706. The van der Waals surface area contributed by atoms with Gasteiger partial charge in [0.15, 0.2) is 6.61 Å². The van der Waals surface area contributed by atoms with Crippen LogP contribution in [0.3, 0.4) is 0 Å². The topological polar surface area (TPSA) is 76.7 Å². The van der Waals surface area contributed by atoms with Gasteiger partial charge in [-0.05, 0) is 58.4 Å². The van der Waals surface area contributed by atoms with E-state index in [1.54, 1.807) is 49.6 Å². The molecule has 0 aromatic heterocycles. The molecule has 6 nitrogen and oxygen atoms in total.